The van der Waals surface area contributed by atoms with Crippen molar-refractivity contribution in [3.63, 3.8) is 0 Å². The maximum absolute atomic E-state index is 12.4. The average molecular weight is 387 g/mol. The van der Waals surface area contributed by atoms with Crippen molar-refractivity contribution >= 4 is 11.7 Å². The Balaban J connectivity index is 1.61. The van der Waals surface area contributed by atoms with Gasteiger partial charge in [0.2, 0.25) is 0 Å². The Morgan fingerprint density at radius 1 is 0.793 bits per heavy atom. The van der Waals surface area contributed by atoms with Gasteiger partial charge in [-0.25, -0.2) is 4.79 Å². The molecule has 0 aliphatic heterocycles. The molecule has 2 N–H and O–H groups in total. The number of anilines is 1. The van der Waals surface area contributed by atoms with Crippen molar-refractivity contribution in [3.8, 4) is 0 Å². The molecular weight excluding hydrogens is 356 g/mol. The first kappa shape index (κ1) is 20.7. The molecule has 0 aliphatic rings. The number of urea groups is 1. The van der Waals surface area contributed by atoms with Gasteiger partial charge in [0.05, 0.1) is 0 Å². The summed E-state index contributed by atoms with van der Waals surface area (Å²) in [6.07, 6.45) is 1.81. The van der Waals surface area contributed by atoms with Gasteiger partial charge in [0.25, 0.3) is 0 Å². The molecule has 0 saturated carbocycles. The topological polar surface area (TPSA) is 41.1 Å². The van der Waals surface area contributed by atoms with Crippen LogP contribution >= 0.6 is 0 Å². The van der Waals surface area contributed by atoms with Crippen LogP contribution in [0.5, 0.6) is 0 Å². The van der Waals surface area contributed by atoms with E-state index in [-0.39, 0.29) is 6.03 Å². The molecule has 0 radical (unpaired) electrons. The van der Waals surface area contributed by atoms with E-state index in [2.05, 4.69) is 92.9 Å². The van der Waals surface area contributed by atoms with Crippen LogP contribution in [0.1, 0.15) is 45.9 Å². The molecule has 0 bridgehead atoms. The zero-order chi connectivity index (χ0) is 20.8. The summed E-state index contributed by atoms with van der Waals surface area (Å²) in [5.41, 5.74) is 9.45. The molecule has 0 unspecified atom stereocenters. The van der Waals surface area contributed by atoms with Crippen LogP contribution < -0.4 is 10.6 Å². The minimum Gasteiger partial charge on any atom is -0.334 e. The van der Waals surface area contributed by atoms with Crippen molar-refractivity contribution in [1.82, 2.24) is 5.32 Å². The minimum absolute atomic E-state index is 0.172. The van der Waals surface area contributed by atoms with Gasteiger partial charge in [-0.1, -0.05) is 61.5 Å². The highest BCUT2D eigenvalue weighted by molar-refractivity contribution is 5.90. The van der Waals surface area contributed by atoms with Gasteiger partial charge in [-0.2, -0.15) is 0 Å². The fourth-order valence-electron chi connectivity index (χ4n) is 3.52. The van der Waals surface area contributed by atoms with Gasteiger partial charge in [-0.3, -0.25) is 0 Å². The van der Waals surface area contributed by atoms with E-state index >= 15 is 0 Å². The van der Waals surface area contributed by atoms with Crippen LogP contribution in [0.3, 0.4) is 0 Å². The summed E-state index contributed by atoms with van der Waals surface area (Å²) >= 11 is 0. The SMILES string of the molecule is CCc1cc(C)c(C)cc1NC(=O)NCc1ccc(Cc2ccccc2)c(C)c1. The number of carbonyl (C=O) groups is 1. The Labute approximate surface area is 174 Å². The fraction of sp³-hybridized carbons (Fsp3) is 0.269. The lowest BCUT2D eigenvalue weighted by molar-refractivity contribution is 0.251. The van der Waals surface area contributed by atoms with Gasteiger partial charge in [0.15, 0.2) is 0 Å². The Morgan fingerprint density at radius 2 is 1.52 bits per heavy atom. The molecule has 0 aliphatic carbocycles. The van der Waals surface area contributed by atoms with Crippen molar-refractivity contribution in [2.75, 3.05) is 5.32 Å². The lowest BCUT2D eigenvalue weighted by atomic mass is 9.98. The van der Waals surface area contributed by atoms with Gasteiger partial charge < -0.3 is 10.6 Å². The molecule has 0 saturated heterocycles. The first-order valence-corrected chi connectivity index (χ1v) is 10.2. The molecule has 0 fully saturated rings. The van der Waals surface area contributed by atoms with E-state index in [1.807, 2.05) is 6.07 Å². The summed E-state index contributed by atoms with van der Waals surface area (Å²) in [7, 11) is 0. The van der Waals surface area contributed by atoms with E-state index in [9.17, 15) is 4.79 Å². The number of hydrogen-bond donors (Lipinski definition) is 2. The third-order valence-electron chi connectivity index (χ3n) is 5.45. The Hall–Kier alpha value is -3.07. The maximum Gasteiger partial charge on any atom is 0.319 e. The highest BCUT2D eigenvalue weighted by atomic mass is 16.2. The smallest absolute Gasteiger partial charge is 0.319 e. The van der Waals surface area contributed by atoms with Crippen molar-refractivity contribution in [2.24, 2.45) is 0 Å². The summed E-state index contributed by atoms with van der Waals surface area (Å²) in [5.74, 6) is 0. The van der Waals surface area contributed by atoms with Gasteiger partial charge in [0, 0.05) is 12.2 Å². The van der Waals surface area contributed by atoms with E-state index in [0.29, 0.717) is 6.54 Å². The monoisotopic (exact) mass is 386 g/mol. The van der Waals surface area contributed by atoms with Crippen LogP contribution in [0, 0.1) is 20.8 Å². The lowest BCUT2D eigenvalue weighted by Crippen LogP contribution is -2.28. The number of benzene rings is 3. The third kappa shape index (κ3) is 5.47. The average Bonchev–Trinajstić information content (AvgIpc) is 2.71. The molecule has 3 nitrogen and oxygen atoms in total. The van der Waals surface area contributed by atoms with Crippen LogP contribution in [0.2, 0.25) is 0 Å². The molecule has 3 aromatic carbocycles. The van der Waals surface area contributed by atoms with Crippen LogP contribution in [-0.2, 0) is 19.4 Å². The van der Waals surface area contributed by atoms with Crippen molar-refractivity contribution in [3.05, 3.63) is 99.6 Å². The Bertz CT molecular complexity index is 993. The zero-order valence-electron chi connectivity index (χ0n) is 17.8. The number of rotatable bonds is 6. The molecule has 2 amide bonds. The van der Waals surface area contributed by atoms with Gasteiger partial charge in [-0.05, 0) is 78.6 Å². The molecule has 0 spiro atoms. The van der Waals surface area contributed by atoms with Crippen LogP contribution in [0.15, 0.2) is 60.7 Å². The van der Waals surface area contributed by atoms with Crippen LogP contribution in [0.4, 0.5) is 10.5 Å². The van der Waals surface area contributed by atoms with Crippen molar-refractivity contribution < 1.29 is 4.79 Å². The summed E-state index contributed by atoms with van der Waals surface area (Å²) in [6.45, 7) is 8.90. The molecule has 3 rings (SSSR count). The highest BCUT2D eigenvalue weighted by Gasteiger charge is 2.09. The number of amides is 2. The molecule has 3 heteroatoms. The molecule has 0 atom stereocenters. The second-order valence-electron chi connectivity index (χ2n) is 7.68. The number of carbonyl (C=O) groups excluding carboxylic acids is 1. The lowest BCUT2D eigenvalue weighted by Gasteiger charge is -2.14. The summed E-state index contributed by atoms with van der Waals surface area (Å²) < 4.78 is 0. The molecular formula is C26H30N2O. The zero-order valence-corrected chi connectivity index (χ0v) is 17.8. The second kappa shape index (κ2) is 9.42. The minimum atomic E-state index is -0.172. The van der Waals surface area contributed by atoms with Gasteiger partial charge in [0.1, 0.15) is 0 Å². The maximum atomic E-state index is 12.4. The summed E-state index contributed by atoms with van der Waals surface area (Å²) in [5, 5.41) is 5.99. The van der Waals surface area contributed by atoms with Crippen LogP contribution in [0.25, 0.3) is 0 Å². The van der Waals surface area contributed by atoms with Gasteiger partial charge >= 0.3 is 6.03 Å². The van der Waals surface area contributed by atoms with Gasteiger partial charge in [-0.15, -0.1) is 0 Å². The summed E-state index contributed by atoms with van der Waals surface area (Å²) in [6, 6.07) is 20.9. The van der Waals surface area contributed by atoms with E-state index in [1.54, 1.807) is 0 Å². The van der Waals surface area contributed by atoms with Crippen molar-refractivity contribution in [2.45, 2.75) is 47.1 Å². The molecule has 150 valence electrons. The standard InChI is InChI=1S/C26H30N2O/c1-5-23-14-18(2)19(3)15-25(23)28-26(29)27-17-22-11-12-24(20(4)13-22)16-21-9-7-6-8-10-21/h6-15H,5,16-17H2,1-4H3,(H2,27,28,29). The highest BCUT2D eigenvalue weighted by Crippen LogP contribution is 2.21. The molecule has 0 aromatic heterocycles. The molecule has 29 heavy (non-hydrogen) atoms. The number of hydrogen-bond acceptors (Lipinski definition) is 1. The normalized spacial score (nSPS) is 10.6. The number of aryl methyl sites for hydroxylation is 4. The molecule has 3 aromatic rings. The second-order valence-corrected chi connectivity index (χ2v) is 7.68. The predicted molar refractivity (Wildman–Crippen MR) is 122 cm³/mol. The van der Waals surface area contributed by atoms with Crippen LogP contribution in [-0.4, -0.2) is 6.03 Å². The van der Waals surface area contributed by atoms with E-state index in [0.717, 1.165) is 29.7 Å². The van der Waals surface area contributed by atoms with E-state index in [4.69, 9.17) is 0 Å². The largest absolute Gasteiger partial charge is 0.334 e. The number of nitrogens with one attached hydrogen (secondary N) is 2. The Kier molecular flexibility index (Phi) is 6.71. The fourth-order valence-corrected chi connectivity index (χ4v) is 3.52. The first-order chi connectivity index (χ1) is 14.0. The predicted octanol–water partition coefficient (Wildman–Crippen LogP) is 6.09. The Morgan fingerprint density at radius 3 is 2.21 bits per heavy atom. The first-order valence-electron chi connectivity index (χ1n) is 10.2. The van der Waals surface area contributed by atoms with E-state index in [1.165, 1.54) is 27.8 Å². The molecule has 0 heterocycles. The summed E-state index contributed by atoms with van der Waals surface area (Å²) in [4.78, 5) is 12.4. The van der Waals surface area contributed by atoms with E-state index < -0.39 is 0 Å². The van der Waals surface area contributed by atoms with Crippen molar-refractivity contribution in [1.29, 1.82) is 0 Å². The quantitative estimate of drug-likeness (QED) is 0.529. The third-order valence-corrected chi connectivity index (χ3v) is 5.45.